The van der Waals surface area contributed by atoms with Crippen molar-refractivity contribution in [1.29, 1.82) is 0 Å². The summed E-state index contributed by atoms with van der Waals surface area (Å²) in [5.74, 6) is -1.55. The van der Waals surface area contributed by atoms with E-state index in [0.29, 0.717) is 18.5 Å². The van der Waals surface area contributed by atoms with Gasteiger partial charge in [-0.3, -0.25) is 9.59 Å². The average molecular weight is 233 g/mol. The minimum absolute atomic E-state index is 0.390. The molecule has 1 saturated carbocycles. The Bertz CT molecular complexity index is 414. The number of aliphatic carboxylic acids is 1. The molecule has 0 aromatic heterocycles. The van der Waals surface area contributed by atoms with E-state index in [1.165, 1.54) is 6.08 Å². The Morgan fingerprint density at radius 2 is 1.88 bits per heavy atom. The van der Waals surface area contributed by atoms with Gasteiger partial charge in [0.15, 0.2) is 0 Å². The van der Waals surface area contributed by atoms with Crippen molar-refractivity contribution in [3.8, 4) is 0 Å². The summed E-state index contributed by atoms with van der Waals surface area (Å²) in [6, 6.07) is 0. The molecule has 1 fully saturated rings. The van der Waals surface area contributed by atoms with Gasteiger partial charge in [-0.05, 0) is 25.0 Å². The molecule has 4 heteroatoms. The van der Waals surface area contributed by atoms with Crippen molar-refractivity contribution in [2.45, 2.75) is 12.8 Å². The molecule has 0 saturated heterocycles. The van der Waals surface area contributed by atoms with Crippen molar-refractivity contribution in [3.05, 3.63) is 49.2 Å². The largest absolute Gasteiger partial charge is 0.480 e. The van der Waals surface area contributed by atoms with Crippen LogP contribution >= 0.6 is 0 Å². The van der Waals surface area contributed by atoms with E-state index in [2.05, 4.69) is 18.5 Å². The van der Waals surface area contributed by atoms with Crippen molar-refractivity contribution >= 4 is 11.9 Å². The Labute approximate surface area is 100 Å². The van der Waals surface area contributed by atoms with Gasteiger partial charge in [0.2, 0.25) is 5.91 Å². The lowest BCUT2D eigenvalue weighted by Crippen LogP contribution is -2.36. The lowest BCUT2D eigenvalue weighted by Gasteiger charge is -2.10. The van der Waals surface area contributed by atoms with Crippen LogP contribution in [0.25, 0.3) is 0 Å². The highest BCUT2D eigenvalue weighted by Gasteiger charge is 2.57. The van der Waals surface area contributed by atoms with Crippen LogP contribution in [0.15, 0.2) is 49.2 Å². The third-order valence-electron chi connectivity index (χ3n) is 2.59. The minimum atomic E-state index is -1.23. The van der Waals surface area contributed by atoms with Crippen LogP contribution in [0.3, 0.4) is 0 Å². The predicted molar refractivity (Wildman–Crippen MR) is 65.1 cm³/mol. The molecule has 0 bridgehead atoms. The Kier molecular flexibility index (Phi) is 4.04. The van der Waals surface area contributed by atoms with Crippen LogP contribution in [-0.4, -0.2) is 17.0 Å². The zero-order valence-corrected chi connectivity index (χ0v) is 9.48. The highest BCUT2D eigenvalue weighted by atomic mass is 16.4. The van der Waals surface area contributed by atoms with E-state index >= 15 is 0 Å². The predicted octanol–water partition coefficient (Wildman–Crippen LogP) is 1.78. The number of hydrogen-bond donors (Lipinski definition) is 2. The van der Waals surface area contributed by atoms with Crippen molar-refractivity contribution < 1.29 is 14.7 Å². The molecule has 0 unspecified atom stereocenters. The quantitative estimate of drug-likeness (QED) is 0.543. The van der Waals surface area contributed by atoms with Crippen LogP contribution < -0.4 is 5.32 Å². The zero-order chi connectivity index (χ0) is 12.9. The van der Waals surface area contributed by atoms with Crippen molar-refractivity contribution in [2.24, 2.45) is 5.41 Å². The number of hydrogen-bond acceptors (Lipinski definition) is 2. The number of rotatable bonds is 6. The molecule has 0 aromatic rings. The summed E-state index contributed by atoms with van der Waals surface area (Å²) in [5, 5.41) is 11.5. The molecule has 0 aliphatic heterocycles. The first-order chi connectivity index (χ1) is 8.06. The van der Waals surface area contributed by atoms with Gasteiger partial charge < -0.3 is 10.4 Å². The fourth-order valence-corrected chi connectivity index (χ4v) is 1.31. The Hall–Kier alpha value is -2.10. The van der Waals surface area contributed by atoms with E-state index < -0.39 is 17.3 Å². The SMILES string of the molecule is C=C/C=C\C=C(/C=C)NC(=O)C1(C(=O)O)CC1. The molecular weight excluding hydrogens is 218 g/mol. The highest BCUT2D eigenvalue weighted by molar-refractivity contribution is 6.05. The second kappa shape index (κ2) is 5.30. The fourth-order valence-electron chi connectivity index (χ4n) is 1.31. The monoisotopic (exact) mass is 233 g/mol. The standard InChI is InChI=1S/C13H15NO3/c1-3-5-6-7-10(4-2)14-11(15)13(8-9-13)12(16)17/h3-7H,1-2,8-9H2,(H,14,15)(H,16,17)/b6-5-,10-7+. The molecule has 0 heterocycles. The van der Waals surface area contributed by atoms with Crippen LogP contribution in [0.4, 0.5) is 0 Å². The molecule has 2 N–H and O–H groups in total. The fraction of sp³-hybridized carbons (Fsp3) is 0.231. The van der Waals surface area contributed by atoms with Gasteiger partial charge in [0.25, 0.3) is 0 Å². The van der Waals surface area contributed by atoms with Gasteiger partial charge in [0.05, 0.1) is 0 Å². The summed E-state index contributed by atoms with van der Waals surface area (Å²) in [5.41, 5.74) is -0.759. The van der Waals surface area contributed by atoms with Gasteiger partial charge in [-0.15, -0.1) is 0 Å². The summed E-state index contributed by atoms with van der Waals surface area (Å²) in [6.07, 6.45) is 8.85. The first-order valence-electron chi connectivity index (χ1n) is 5.23. The normalized spacial score (nSPS) is 17.5. The molecule has 0 spiro atoms. The second-order valence-electron chi connectivity index (χ2n) is 3.79. The molecule has 1 rings (SSSR count). The van der Waals surface area contributed by atoms with Gasteiger partial charge in [-0.25, -0.2) is 0 Å². The van der Waals surface area contributed by atoms with Crippen molar-refractivity contribution in [2.75, 3.05) is 0 Å². The number of carbonyl (C=O) groups is 2. The third kappa shape index (κ3) is 2.93. The van der Waals surface area contributed by atoms with Gasteiger partial charge >= 0.3 is 5.97 Å². The average Bonchev–Trinajstić information content (AvgIpc) is 3.08. The topological polar surface area (TPSA) is 66.4 Å². The summed E-state index contributed by atoms with van der Waals surface area (Å²) >= 11 is 0. The van der Waals surface area contributed by atoms with Crippen molar-refractivity contribution in [3.63, 3.8) is 0 Å². The minimum Gasteiger partial charge on any atom is -0.480 e. The van der Waals surface area contributed by atoms with Gasteiger partial charge in [0, 0.05) is 5.70 Å². The first kappa shape index (κ1) is 13.0. The molecule has 1 amide bonds. The molecule has 0 aromatic carbocycles. The molecule has 0 atom stereocenters. The number of allylic oxidation sites excluding steroid dienone is 5. The Balaban J connectivity index is 2.70. The van der Waals surface area contributed by atoms with E-state index in [1.807, 2.05) is 0 Å². The van der Waals surface area contributed by atoms with E-state index in [0.717, 1.165) is 0 Å². The van der Waals surface area contributed by atoms with Gasteiger partial charge in [-0.1, -0.05) is 31.4 Å². The van der Waals surface area contributed by atoms with E-state index in [-0.39, 0.29) is 0 Å². The molecule has 90 valence electrons. The number of carboxylic acids is 1. The van der Waals surface area contributed by atoms with E-state index in [4.69, 9.17) is 5.11 Å². The second-order valence-corrected chi connectivity index (χ2v) is 3.79. The number of amides is 1. The maximum atomic E-state index is 11.7. The van der Waals surface area contributed by atoms with Crippen LogP contribution in [-0.2, 0) is 9.59 Å². The smallest absolute Gasteiger partial charge is 0.319 e. The summed E-state index contributed by atoms with van der Waals surface area (Å²) < 4.78 is 0. The summed E-state index contributed by atoms with van der Waals surface area (Å²) in [6.45, 7) is 7.06. The van der Waals surface area contributed by atoms with E-state index in [9.17, 15) is 9.59 Å². The number of carbonyl (C=O) groups excluding carboxylic acids is 1. The van der Waals surface area contributed by atoms with E-state index in [1.54, 1.807) is 24.3 Å². The number of carboxylic acid groups (broad SMARTS) is 1. The van der Waals surface area contributed by atoms with Crippen LogP contribution in [0.2, 0.25) is 0 Å². The van der Waals surface area contributed by atoms with Gasteiger partial charge in [0.1, 0.15) is 5.41 Å². The molecule has 1 aliphatic carbocycles. The molecule has 1 aliphatic rings. The molecule has 4 nitrogen and oxygen atoms in total. The van der Waals surface area contributed by atoms with Gasteiger partial charge in [-0.2, -0.15) is 0 Å². The van der Waals surface area contributed by atoms with Crippen LogP contribution in [0.1, 0.15) is 12.8 Å². The zero-order valence-electron chi connectivity index (χ0n) is 9.48. The molecule has 17 heavy (non-hydrogen) atoms. The van der Waals surface area contributed by atoms with Crippen molar-refractivity contribution in [1.82, 2.24) is 5.32 Å². The highest BCUT2D eigenvalue weighted by Crippen LogP contribution is 2.46. The lowest BCUT2D eigenvalue weighted by molar-refractivity contribution is -0.148. The van der Waals surface area contributed by atoms with Crippen LogP contribution in [0.5, 0.6) is 0 Å². The molecule has 0 radical (unpaired) electrons. The maximum Gasteiger partial charge on any atom is 0.319 e. The number of nitrogens with one attached hydrogen (secondary N) is 1. The van der Waals surface area contributed by atoms with Crippen LogP contribution in [0, 0.1) is 5.41 Å². The summed E-state index contributed by atoms with van der Waals surface area (Å²) in [7, 11) is 0. The Morgan fingerprint density at radius 1 is 1.24 bits per heavy atom. The maximum absolute atomic E-state index is 11.7. The lowest BCUT2D eigenvalue weighted by atomic mass is 10.1. The third-order valence-corrected chi connectivity index (χ3v) is 2.59. The Morgan fingerprint density at radius 3 is 2.29 bits per heavy atom. The first-order valence-corrected chi connectivity index (χ1v) is 5.23. The molecular formula is C13H15NO3. The summed E-state index contributed by atoms with van der Waals surface area (Å²) in [4.78, 5) is 22.7.